The Morgan fingerprint density at radius 2 is 0.839 bits per heavy atom. The largest absolute Gasteiger partial charge is 0.456 e. The lowest BCUT2D eigenvalue weighted by atomic mass is 9.99. The van der Waals surface area contributed by atoms with Crippen LogP contribution in [0, 0.1) is 0 Å². The molecule has 0 radical (unpaired) electrons. The van der Waals surface area contributed by atoms with E-state index in [1.807, 2.05) is 12.1 Å². The Hall–Kier alpha value is -7.21. The smallest absolute Gasteiger partial charge is 0.135 e. The maximum absolute atomic E-state index is 6.17. The maximum atomic E-state index is 6.17. The first kappa shape index (κ1) is 32.2. The van der Waals surface area contributed by atoms with Gasteiger partial charge in [-0.15, -0.1) is 11.3 Å². The lowest BCUT2D eigenvalue weighted by molar-refractivity contribution is 0.669. The van der Waals surface area contributed by atoms with Gasteiger partial charge in [0.1, 0.15) is 16.2 Å². The molecule has 0 spiro atoms. The Labute approximate surface area is 327 Å². The van der Waals surface area contributed by atoms with Crippen molar-refractivity contribution in [2.75, 3.05) is 9.80 Å². The van der Waals surface area contributed by atoms with E-state index in [0.29, 0.717) is 0 Å². The number of fused-ring (bicyclic) bond motifs is 9. The second kappa shape index (κ2) is 13.3. The Balaban J connectivity index is 1.02. The number of furan rings is 1. The summed E-state index contributed by atoms with van der Waals surface area (Å²) in [6.45, 7) is 0. The number of nitrogens with zero attached hydrogens (tertiary/aromatic N) is 3. The van der Waals surface area contributed by atoms with Gasteiger partial charge in [0.05, 0.1) is 10.2 Å². The Morgan fingerprint density at radius 1 is 0.357 bits per heavy atom. The quantitative estimate of drug-likeness (QED) is 0.153. The third kappa shape index (κ3) is 5.40. The highest BCUT2D eigenvalue weighted by Gasteiger charge is 2.19. The van der Waals surface area contributed by atoms with E-state index in [1.165, 1.54) is 20.9 Å². The zero-order chi connectivity index (χ0) is 37.0. The maximum Gasteiger partial charge on any atom is 0.135 e. The average molecular weight is 736 g/mol. The van der Waals surface area contributed by atoms with E-state index < -0.39 is 0 Å². The van der Waals surface area contributed by atoms with Gasteiger partial charge in [-0.25, -0.2) is 4.98 Å². The van der Waals surface area contributed by atoms with Crippen molar-refractivity contribution in [3.8, 4) is 10.6 Å². The van der Waals surface area contributed by atoms with Gasteiger partial charge in [0.25, 0.3) is 0 Å². The Morgan fingerprint density at radius 3 is 1.48 bits per heavy atom. The van der Waals surface area contributed by atoms with Gasteiger partial charge in [-0.1, -0.05) is 103 Å². The van der Waals surface area contributed by atoms with Crippen LogP contribution in [-0.2, 0) is 0 Å². The van der Waals surface area contributed by atoms with Crippen LogP contribution in [-0.4, -0.2) is 4.98 Å². The summed E-state index contributed by atoms with van der Waals surface area (Å²) in [7, 11) is 0. The van der Waals surface area contributed by atoms with E-state index in [4.69, 9.17) is 9.40 Å². The van der Waals surface area contributed by atoms with Crippen LogP contribution in [0.5, 0.6) is 0 Å². The summed E-state index contributed by atoms with van der Waals surface area (Å²) in [5.74, 6) is 0. The molecule has 2 aromatic heterocycles. The van der Waals surface area contributed by atoms with E-state index in [9.17, 15) is 0 Å². The summed E-state index contributed by atoms with van der Waals surface area (Å²) in [6.07, 6.45) is 0. The second-order valence-electron chi connectivity index (χ2n) is 14.0. The molecule has 11 aromatic rings. The lowest BCUT2D eigenvalue weighted by Crippen LogP contribution is -2.09. The molecule has 0 aliphatic carbocycles. The van der Waals surface area contributed by atoms with Crippen molar-refractivity contribution in [1.82, 2.24) is 4.98 Å². The van der Waals surface area contributed by atoms with Crippen LogP contribution in [0.1, 0.15) is 0 Å². The molecule has 0 atom stereocenters. The van der Waals surface area contributed by atoms with Gasteiger partial charge in [0.15, 0.2) is 0 Å². The molecule has 0 saturated heterocycles. The number of para-hydroxylation sites is 4. The molecular formula is C51H33N3OS. The molecule has 11 rings (SSSR count). The van der Waals surface area contributed by atoms with E-state index in [1.54, 1.807) is 11.3 Å². The van der Waals surface area contributed by atoms with Gasteiger partial charge >= 0.3 is 0 Å². The molecule has 4 nitrogen and oxygen atoms in total. The SMILES string of the molecule is c1ccc(N(c2ccc(-c3nc4c5ccc(N(c6ccccc6)c6ccccc6)cc5c5ccccc5c4s3)cc2)c2ccc3oc4ccccc4c3c2)cc1. The van der Waals surface area contributed by atoms with Gasteiger partial charge in [-0.2, -0.15) is 0 Å². The number of anilines is 6. The van der Waals surface area contributed by atoms with Gasteiger partial charge in [-0.05, 0) is 108 Å². The third-order valence-corrected chi connectivity index (χ3v) is 11.8. The number of aromatic nitrogens is 1. The van der Waals surface area contributed by atoms with Crippen molar-refractivity contribution in [2.24, 2.45) is 0 Å². The summed E-state index contributed by atoms with van der Waals surface area (Å²) >= 11 is 1.76. The minimum atomic E-state index is 0.884. The molecule has 56 heavy (non-hydrogen) atoms. The highest BCUT2D eigenvalue weighted by molar-refractivity contribution is 7.22. The number of hydrogen-bond acceptors (Lipinski definition) is 5. The summed E-state index contributed by atoms with van der Waals surface area (Å²) < 4.78 is 7.37. The summed E-state index contributed by atoms with van der Waals surface area (Å²) in [5, 5.41) is 8.01. The summed E-state index contributed by atoms with van der Waals surface area (Å²) in [6, 6.07) is 70.7. The number of rotatable bonds is 7. The minimum Gasteiger partial charge on any atom is -0.456 e. The lowest BCUT2D eigenvalue weighted by Gasteiger charge is -2.26. The van der Waals surface area contributed by atoms with Crippen molar-refractivity contribution in [3.63, 3.8) is 0 Å². The highest BCUT2D eigenvalue weighted by atomic mass is 32.1. The molecule has 0 amide bonds. The summed E-state index contributed by atoms with van der Waals surface area (Å²) in [4.78, 5) is 10.0. The predicted molar refractivity (Wildman–Crippen MR) is 237 cm³/mol. The highest BCUT2D eigenvalue weighted by Crippen LogP contribution is 2.45. The fourth-order valence-electron chi connectivity index (χ4n) is 8.06. The number of thiazole rings is 1. The molecule has 0 aliphatic rings. The van der Waals surface area contributed by atoms with Crippen molar-refractivity contribution >= 4 is 99.2 Å². The average Bonchev–Trinajstić information content (AvgIpc) is 3.88. The van der Waals surface area contributed by atoms with Gasteiger partial charge in [-0.3, -0.25) is 0 Å². The Kier molecular flexibility index (Phi) is 7.64. The minimum absolute atomic E-state index is 0.884. The normalized spacial score (nSPS) is 11.6. The summed E-state index contributed by atoms with van der Waals surface area (Å²) in [5.41, 5.74) is 10.5. The molecule has 0 unspecified atom stereocenters. The van der Waals surface area contributed by atoms with Crippen molar-refractivity contribution in [1.29, 1.82) is 0 Å². The van der Waals surface area contributed by atoms with Crippen LogP contribution in [0.3, 0.4) is 0 Å². The van der Waals surface area contributed by atoms with Crippen LogP contribution in [0.4, 0.5) is 34.1 Å². The van der Waals surface area contributed by atoms with E-state index >= 15 is 0 Å². The molecule has 0 saturated carbocycles. The predicted octanol–water partition coefficient (Wildman–Crippen LogP) is 15.1. The monoisotopic (exact) mass is 735 g/mol. The molecule has 0 aliphatic heterocycles. The zero-order valence-electron chi connectivity index (χ0n) is 30.2. The van der Waals surface area contributed by atoms with E-state index in [2.05, 4.69) is 198 Å². The molecule has 0 fully saturated rings. The van der Waals surface area contributed by atoms with Gasteiger partial charge < -0.3 is 14.2 Å². The molecule has 9 aromatic carbocycles. The molecule has 5 heteroatoms. The molecule has 0 N–H and O–H groups in total. The zero-order valence-corrected chi connectivity index (χ0v) is 31.0. The van der Waals surface area contributed by atoms with Crippen LogP contribution in [0.25, 0.3) is 64.3 Å². The number of benzene rings is 9. The second-order valence-corrected chi connectivity index (χ2v) is 15.0. The van der Waals surface area contributed by atoms with Crippen molar-refractivity contribution in [3.05, 3.63) is 200 Å². The van der Waals surface area contributed by atoms with Gasteiger partial charge in [0.2, 0.25) is 0 Å². The molecule has 2 heterocycles. The topological polar surface area (TPSA) is 32.5 Å². The van der Waals surface area contributed by atoms with E-state index in [0.717, 1.165) is 77.5 Å². The fourth-order valence-corrected chi connectivity index (χ4v) is 9.18. The van der Waals surface area contributed by atoms with Crippen LogP contribution in [0.15, 0.2) is 205 Å². The standard InChI is InChI=1S/C51H33N3OS/c1-4-14-35(15-5-1)53(36-16-6-2-7-17-36)39-28-30-43-45(32-39)41-20-10-11-22-44(41)50-49(43)52-51(56-50)34-24-26-38(27-25-34)54(37-18-8-3-9-19-37)40-29-31-48-46(33-40)42-21-12-13-23-47(42)55-48/h1-33H. The fraction of sp³-hybridized carbons (Fsp3) is 0. The Bertz CT molecular complexity index is 3150. The molecule has 264 valence electrons. The van der Waals surface area contributed by atoms with Crippen LogP contribution >= 0.6 is 11.3 Å². The first-order valence-corrected chi connectivity index (χ1v) is 19.6. The van der Waals surface area contributed by atoms with E-state index in [-0.39, 0.29) is 0 Å². The van der Waals surface area contributed by atoms with Gasteiger partial charge in [0, 0.05) is 61.2 Å². The van der Waals surface area contributed by atoms with Crippen LogP contribution < -0.4 is 9.80 Å². The first-order valence-electron chi connectivity index (χ1n) is 18.8. The van der Waals surface area contributed by atoms with Crippen molar-refractivity contribution in [2.45, 2.75) is 0 Å². The first-order chi connectivity index (χ1) is 27.8. The molecular weight excluding hydrogens is 703 g/mol. The molecule has 0 bridgehead atoms. The number of hydrogen-bond donors (Lipinski definition) is 0. The van der Waals surface area contributed by atoms with Crippen molar-refractivity contribution < 1.29 is 4.42 Å². The third-order valence-electron chi connectivity index (χ3n) is 10.6. The van der Waals surface area contributed by atoms with Crippen LogP contribution in [0.2, 0.25) is 0 Å².